The van der Waals surface area contributed by atoms with Gasteiger partial charge in [0, 0.05) is 29.2 Å². The van der Waals surface area contributed by atoms with Crippen molar-refractivity contribution in [1.82, 2.24) is 9.78 Å². The lowest BCUT2D eigenvalue weighted by molar-refractivity contribution is -0.221. The maximum Gasteiger partial charge on any atom is 0.357 e. The highest BCUT2D eigenvalue weighted by atomic mass is 32.2. The molecule has 0 saturated heterocycles. The van der Waals surface area contributed by atoms with Crippen LogP contribution in [0.3, 0.4) is 0 Å². The van der Waals surface area contributed by atoms with E-state index in [1.54, 1.807) is 27.7 Å². The highest BCUT2D eigenvalue weighted by molar-refractivity contribution is 8.13. The molecular formula is C29H35F3N2O5S. The van der Waals surface area contributed by atoms with Crippen LogP contribution in [0.2, 0.25) is 0 Å². The van der Waals surface area contributed by atoms with Crippen molar-refractivity contribution < 1.29 is 37.4 Å². The molecule has 9 atom stereocenters. The molecule has 0 spiro atoms. The standard InChI is InChI=1S/C29H35F3N2O5S/c1-6-34-22(10-16(3)33-34)24(37)39-29(25(38)40-14-30)15(2)9-18-19-12-21(31)20-11-17(35)7-8-26(20,4)28(19,32)23(36)13-27(18,29)5/h7-8,10-11,15,18-19,21,23,36H,6,9,12-14H2,1-5H3/t15?,18-,19-,21?,23?,26-,27-,28?,29?/m0/s1. The maximum atomic E-state index is 17.5. The Labute approximate surface area is 235 Å². The topological polar surface area (TPSA) is 98.5 Å². The first-order valence-corrected chi connectivity index (χ1v) is 14.7. The summed E-state index contributed by atoms with van der Waals surface area (Å²) in [6.45, 7) is 8.73. The summed E-state index contributed by atoms with van der Waals surface area (Å²) < 4.78 is 54.5. The number of nitrogens with zero attached hydrogens (tertiary/aromatic N) is 2. The Morgan fingerprint density at radius 2 is 1.98 bits per heavy atom. The number of hydrogen-bond donors (Lipinski definition) is 1. The summed E-state index contributed by atoms with van der Waals surface area (Å²) in [5, 5.41) is 15.2. The van der Waals surface area contributed by atoms with Crippen molar-refractivity contribution in [2.24, 2.45) is 28.6 Å². The number of fused-ring (bicyclic) bond motifs is 5. The number of ketones is 1. The van der Waals surface area contributed by atoms with E-state index in [-0.39, 0.29) is 30.5 Å². The van der Waals surface area contributed by atoms with Crippen LogP contribution >= 0.6 is 11.8 Å². The molecule has 5 unspecified atom stereocenters. The largest absolute Gasteiger partial charge is 0.444 e. The Morgan fingerprint density at radius 1 is 1.27 bits per heavy atom. The first kappa shape index (κ1) is 29.1. The van der Waals surface area contributed by atoms with Gasteiger partial charge in [-0.25, -0.2) is 18.0 Å². The minimum atomic E-state index is -2.35. The van der Waals surface area contributed by atoms with Crippen LogP contribution in [0.5, 0.6) is 0 Å². The number of alkyl halides is 3. The Balaban J connectivity index is 1.63. The van der Waals surface area contributed by atoms with Gasteiger partial charge in [-0.05, 0) is 81.5 Å². The fourth-order valence-electron chi connectivity index (χ4n) is 8.52. The van der Waals surface area contributed by atoms with Crippen molar-refractivity contribution in [3.8, 4) is 0 Å². The SMILES string of the molecule is CCn1nc(C)cc1C(=O)OC1(C(=O)SCF)C(C)C[C@H]2[C@@H]3CC(F)C4=CC(=O)C=C[C@]4(C)C3(F)C(O)C[C@@]21C. The van der Waals surface area contributed by atoms with Gasteiger partial charge in [0.1, 0.15) is 17.9 Å². The van der Waals surface area contributed by atoms with Crippen molar-refractivity contribution in [3.05, 3.63) is 41.3 Å². The number of ether oxygens (including phenoxy) is 1. The number of rotatable bonds is 5. The van der Waals surface area contributed by atoms with E-state index in [0.29, 0.717) is 24.0 Å². The third kappa shape index (κ3) is 3.61. The molecule has 11 heteroatoms. The number of esters is 1. The highest BCUT2D eigenvalue weighted by Crippen LogP contribution is 2.72. The number of aryl methyl sites for hydroxylation is 2. The van der Waals surface area contributed by atoms with Crippen LogP contribution in [0.25, 0.3) is 0 Å². The van der Waals surface area contributed by atoms with Gasteiger partial charge in [0.05, 0.1) is 11.8 Å². The van der Waals surface area contributed by atoms with Crippen LogP contribution in [0.15, 0.2) is 29.9 Å². The summed E-state index contributed by atoms with van der Waals surface area (Å²) in [6, 6.07) is 0.475. The van der Waals surface area contributed by atoms with Crippen LogP contribution in [0.1, 0.15) is 63.1 Å². The van der Waals surface area contributed by atoms with E-state index in [2.05, 4.69) is 5.10 Å². The van der Waals surface area contributed by atoms with E-state index in [0.717, 1.165) is 6.08 Å². The molecule has 40 heavy (non-hydrogen) atoms. The zero-order chi connectivity index (χ0) is 29.4. The van der Waals surface area contributed by atoms with Gasteiger partial charge < -0.3 is 9.84 Å². The Bertz CT molecular complexity index is 1330. The Morgan fingerprint density at radius 3 is 2.62 bits per heavy atom. The molecule has 0 amide bonds. The van der Waals surface area contributed by atoms with E-state index < -0.39 is 75.0 Å². The van der Waals surface area contributed by atoms with Crippen molar-refractivity contribution in [2.75, 3.05) is 6.01 Å². The molecule has 0 radical (unpaired) electrons. The number of aliphatic hydroxyl groups is 1. The van der Waals surface area contributed by atoms with Crippen molar-refractivity contribution in [1.29, 1.82) is 0 Å². The lowest BCUT2D eigenvalue weighted by Crippen LogP contribution is -2.70. The molecular weight excluding hydrogens is 545 g/mol. The van der Waals surface area contributed by atoms with E-state index in [1.807, 2.05) is 0 Å². The van der Waals surface area contributed by atoms with Crippen molar-refractivity contribution in [2.45, 2.75) is 84.0 Å². The van der Waals surface area contributed by atoms with Gasteiger partial charge in [-0.15, -0.1) is 0 Å². The molecule has 4 aliphatic rings. The predicted molar refractivity (Wildman–Crippen MR) is 143 cm³/mol. The summed E-state index contributed by atoms with van der Waals surface area (Å²) in [4.78, 5) is 39.5. The van der Waals surface area contributed by atoms with Crippen molar-refractivity contribution >= 4 is 28.6 Å². The zero-order valence-corrected chi connectivity index (χ0v) is 24.1. The first-order valence-electron chi connectivity index (χ1n) is 13.7. The number of halogens is 3. The molecule has 4 aliphatic carbocycles. The van der Waals surface area contributed by atoms with Crippen LogP contribution in [-0.2, 0) is 20.9 Å². The van der Waals surface area contributed by atoms with Gasteiger partial charge in [0.15, 0.2) is 17.1 Å². The van der Waals surface area contributed by atoms with Gasteiger partial charge in [-0.2, -0.15) is 5.10 Å². The summed E-state index contributed by atoms with van der Waals surface area (Å²) in [5.74, 6) is -3.70. The van der Waals surface area contributed by atoms with Gasteiger partial charge in [0.25, 0.3) is 0 Å². The van der Waals surface area contributed by atoms with Gasteiger partial charge in [-0.3, -0.25) is 14.3 Å². The van der Waals surface area contributed by atoms with Crippen LogP contribution < -0.4 is 0 Å². The molecule has 7 nitrogen and oxygen atoms in total. The molecule has 1 aromatic rings. The summed E-state index contributed by atoms with van der Waals surface area (Å²) in [6.07, 6.45) is -0.0635. The zero-order valence-electron chi connectivity index (χ0n) is 23.2. The normalized spacial score (nSPS) is 42.1. The number of hydrogen-bond acceptors (Lipinski definition) is 7. The fourth-order valence-corrected chi connectivity index (χ4v) is 9.31. The molecule has 3 saturated carbocycles. The molecule has 0 aliphatic heterocycles. The van der Waals surface area contributed by atoms with E-state index >= 15 is 8.78 Å². The summed E-state index contributed by atoms with van der Waals surface area (Å²) in [7, 11) is 0. The quantitative estimate of drug-likeness (QED) is 0.497. The average Bonchev–Trinajstić information content (AvgIpc) is 3.38. The predicted octanol–water partition coefficient (Wildman–Crippen LogP) is 4.86. The molecule has 3 fully saturated rings. The van der Waals surface area contributed by atoms with Crippen LogP contribution in [-0.4, -0.2) is 61.3 Å². The van der Waals surface area contributed by atoms with Gasteiger partial charge in [-0.1, -0.05) is 19.9 Å². The van der Waals surface area contributed by atoms with E-state index in [1.165, 1.54) is 29.8 Å². The second kappa shape index (κ2) is 9.58. The van der Waals surface area contributed by atoms with Crippen LogP contribution in [0, 0.1) is 35.5 Å². The van der Waals surface area contributed by atoms with E-state index in [4.69, 9.17) is 4.74 Å². The average molecular weight is 581 g/mol. The molecule has 218 valence electrons. The second-order valence-corrected chi connectivity index (χ2v) is 13.0. The third-order valence-corrected chi connectivity index (χ3v) is 11.0. The van der Waals surface area contributed by atoms with Gasteiger partial charge >= 0.3 is 5.97 Å². The second-order valence-electron chi connectivity index (χ2n) is 12.1. The van der Waals surface area contributed by atoms with E-state index in [9.17, 15) is 23.9 Å². The maximum absolute atomic E-state index is 17.5. The molecule has 1 heterocycles. The number of carbonyl (C=O) groups is 3. The molecule has 5 rings (SSSR count). The summed E-state index contributed by atoms with van der Waals surface area (Å²) in [5.41, 5.74) is -6.50. The highest BCUT2D eigenvalue weighted by Gasteiger charge is 2.78. The molecule has 0 bridgehead atoms. The monoisotopic (exact) mass is 580 g/mol. The lowest BCUT2D eigenvalue weighted by Gasteiger charge is -2.63. The first-order chi connectivity index (χ1) is 18.7. The van der Waals surface area contributed by atoms with Gasteiger partial charge in [0.2, 0.25) is 5.12 Å². The molecule has 0 aromatic carbocycles. The minimum Gasteiger partial charge on any atom is -0.444 e. The Hall–Kier alpha value is -2.40. The number of thioether (sulfide) groups is 1. The number of allylic oxidation sites excluding steroid dienone is 4. The van der Waals surface area contributed by atoms with Crippen LogP contribution in [0.4, 0.5) is 13.2 Å². The Kier molecular flexibility index (Phi) is 6.97. The number of carbonyl (C=O) groups excluding carboxylic acids is 3. The van der Waals surface area contributed by atoms with Crippen molar-refractivity contribution in [3.63, 3.8) is 0 Å². The number of aliphatic hydroxyl groups excluding tert-OH is 1. The minimum absolute atomic E-state index is 0.00241. The molecule has 1 N–H and O–H groups in total. The summed E-state index contributed by atoms with van der Waals surface area (Å²) >= 11 is 0.373. The fraction of sp³-hybridized carbons (Fsp3) is 0.655. The number of aromatic nitrogens is 2. The third-order valence-electron chi connectivity index (χ3n) is 10.3. The molecule has 1 aromatic heterocycles. The smallest absolute Gasteiger partial charge is 0.357 e. The lowest BCUT2D eigenvalue weighted by atomic mass is 9.44.